The van der Waals surface area contributed by atoms with E-state index >= 15 is 0 Å². The molecule has 128 valence electrons. The van der Waals surface area contributed by atoms with E-state index in [9.17, 15) is 4.79 Å². The van der Waals surface area contributed by atoms with Gasteiger partial charge in [-0.15, -0.1) is 0 Å². The number of unbranched alkanes of at least 4 members (excludes halogenated alkanes) is 1. The van der Waals surface area contributed by atoms with Gasteiger partial charge in [0.05, 0.1) is 18.1 Å². The first-order chi connectivity index (χ1) is 11.8. The number of hydrogen-bond donors (Lipinski definition) is 0. The minimum absolute atomic E-state index is 0.00211. The van der Waals surface area contributed by atoms with Crippen LogP contribution in [0.1, 0.15) is 12.8 Å². The Balaban J connectivity index is 1.52. The number of benzene rings is 1. The quantitative estimate of drug-likeness (QED) is 0.722. The maximum atomic E-state index is 12.5. The third-order valence-electron chi connectivity index (χ3n) is 4.05. The fourth-order valence-corrected chi connectivity index (χ4v) is 3.58. The van der Waals surface area contributed by atoms with Gasteiger partial charge in [-0.25, -0.2) is 4.68 Å². The number of ether oxygens (including phenoxy) is 1. The fraction of sp³-hybridized carbons (Fsp3) is 0.444. The predicted octanol–water partition coefficient (Wildman–Crippen LogP) is 2.51. The Morgan fingerprint density at radius 2 is 1.79 bits per heavy atom. The van der Waals surface area contributed by atoms with Gasteiger partial charge in [0.1, 0.15) is 0 Å². The van der Waals surface area contributed by atoms with E-state index in [4.69, 9.17) is 4.74 Å². The van der Waals surface area contributed by atoms with Gasteiger partial charge in [0.2, 0.25) is 0 Å². The molecule has 1 aromatic carbocycles. The van der Waals surface area contributed by atoms with E-state index in [0.29, 0.717) is 6.54 Å². The molecule has 0 aliphatic carbocycles. The molecule has 2 aromatic rings. The van der Waals surface area contributed by atoms with Crippen LogP contribution in [-0.2, 0) is 11.3 Å². The zero-order chi connectivity index (χ0) is 16.6. The number of aryl methyl sites for hydroxylation is 1. The lowest BCUT2D eigenvalue weighted by molar-refractivity contribution is 0.0370. The Morgan fingerprint density at radius 3 is 2.58 bits per heavy atom. The van der Waals surface area contributed by atoms with Gasteiger partial charge in [0.15, 0.2) is 0 Å². The molecule has 0 amide bonds. The van der Waals surface area contributed by atoms with Crippen molar-refractivity contribution in [2.24, 2.45) is 0 Å². The molecule has 1 aliphatic heterocycles. The molecule has 1 saturated heterocycles. The van der Waals surface area contributed by atoms with Gasteiger partial charge in [0, 0.05) is 30.7 Å². The SMILES string of the molecule is O=c1c(Sc2ccccc2)ccnn1CCCCN1CCOCC1. The number of nitrogens with zero attached hydrogens (tertiary/aromatic N) is 3. The second-order valence-electron chi connectivity index (χ2n) is 5.80. The van der Waals surface area contributed by atoms with E-state index in [2.05, 4.69) is 10.00 Å². The van der Waals surface area contributed by atoms with Crippen molar-refractivity contribution in [1.82, 2.24) is 14.7 Å². The van der Waals surface area contributed by atoms with Gasteiger partial charge in [-0.05, 0) is 37.6 Å². The average molecular weight is 345 g/mol. The molecule has 1 aliphatic rings. The highest BCUT2D eigenvalue weighted by molar-refractivity contribution is 7.99. The van der Waals surface area contributed by atoms with Crippen LogP contribution in [0.2, 0.25) is 0 Å². The van der Waals surface area contributed by atoms with Gasteiger partial charge in [-0.3, -0.25) is 9.69 Å². The molecular formula is C18H23N3O2S. The summed E-state index contributed by atoms with van der Waals surface area (Å²) in [5.41, 5.74) is -0.00211. The highest BCUT2D eigenvalue weighted by Gasteiger charge is 2.10. The largest absolute Gasteiger partial charge is 0.379 e. The molecule has 1 aromatic heterocycles. The third-order valence-corrected chi connectivity index (χ3v) is 5.08. The lowest BCUT2D eigenvalue weighted by Gasteiger charge is -2.26. The highest BCUT2D eigenvalue weighted by Crippen LogP contribution is 2.23. The van der Waals surface area contributed by atoms with Gasteiger partial charge in [0.25, 0.3) is 5.56 Å². The minimum Gasteiger partial charge on any atom is -0.379 e. The fourth-order valence-electron chi connectivity index (χ4n) is 2.71. The summed E-state index contributed by atoms with van der Waals surface area (Å²) < 4.78 is 6.94. The zero-order valence-corrected chi connectivity index (χ0v) is 14.6. The molecule has 3 rings (SSSR count). The molecule has 0 radical (unpaired) electrons. The van der Waals surface area contributed by atoms with Crippen molar-refractivity contribution in [2.75, 3.05) is 32.8 Å². The molecule has 0 spiro atoms. The molecule has 24 heavy (non-hydrogen) atoms. The summed E-state index contributed by atoms with van der Waals surface area (Å²) in [4.78, 5) is 16.7. The lowest BCUT2D eigenvalue weighted by atomic mass is 10.2. The summed E-state index contributed by atoms with van der Waals surface area (Å²) in [6.45, 7) is 5.44. The monoisotopic (exact) mass is 345 g/mol. The Labute approximate surface area is 146 Å². The van der Waals surface area contributed by atoms with Crippen molar-refractivity contribution in [1.29, 1.82) is 0 Å². The second-order valence-corrected chi connectivity index (χ2v) is 6.92. The van der Waals surface area contributed by atoms with Crippen molar-refractivity contribution in [3.05, 3.63) is 52.9 Å². The molecule has 0 bridgehead atoms. The average Bonchev–Trinajstić information content (AvgIpc) is 2.63. The van der Waals surface area contributed by atoms with Crippen LogP contribution in [0.3, 0.4) is 0 Å². The zero-order valence-electron chi connectivity index (χ0n) is 13.8. The van der Waals surface area contributed by atoms with Crippen LogP contribution in [0, 0.1) is 0 Å². The molecule has 0 atom stereocenters. The first-order valence-corrected chi connectivity index (χ1v) is 9.24. The number of hydrogen-bond acceptors (Lipinski definition) is 5. The summed E-state index contributed by atoms with van der Waals surface area (Å²) in [6.07, 6.45) is 3.75. The van der Waals surface area contributed by atoms with Crippen molar-refractivity contribution in [3.8, 4) is 0 Å². The minimum atomic E-state index is -0.00211. The van der Waals surface area contributed by atoms with Crippen LogP contribution >= 0.6 is 11.8 Å². The van der Waals surface area contributed by atoms with Crippen molar-refractivity contribution < 1.29 is 4.74 Å². The van der Waals surface area contributed by atoms with Crippen LogP contribution < -0.4 is 5.56 Å². The maximum Gasteiger partial charge on any atom is 0.280 e. The Kier molecular flexibility index (Phi) is 6.46. The van der Waals surface area contributed by atoms with Crippen molar-refractivity contribution in [2.45, 2.75) is 29.2 Å². The molecule has 6 heteroatoms. The van der Waals surface area contributed by atoms with E-state index in [-0.39, 0.29) is 5.56 Å². The van der Waals surface area contributed by atoms with Crippen LogP contribution in [0.15, 0.2) is 57.2 Å². The first-order valence-electron chi connectivity index (χ1n) is 8.42. The van der Waals surface area contributed by atoms with Gasteiger partial charge in [-0.2, -0.15) is 5.10 Å². The van der Waals surface area contributed by atoms with Gasteiger partial charge < -0.3 is 4.74 Å². The third kappa shape index (κ3) is 4.93. The number of rotatable bonds is 7. The number of morpholine rings is 1. The van der Waals surface area contributed by atoms with E-state index in [1.165, 1.54) is 11.8 Å². The highest BCUT2D eigenvalue weighted by atomic mass is 32.2. The molecule has 0 saturated carbocycles. The summed E-state index contributed by atoms with van der Waals surface area (Å²) in [7, 11) is 0. The molecule has 5 nitrogen and oxygen atoms in total. The van der Waals surface area contributed by atoms with Crippen molar-refractivity contribution in [3.63, 3.8) is 0 Å². The molecular weight excluding hydrogens is 322 g/mol. The summed E-state index contributed by atoms with van der Waals surface area (Å²) in [5, 5.41) is 4.22. The summed E-state index contributed by atoms with van der Waals surface area (Å²) in [6, 6.07) is 11.8. The van der Waals surface area contributed by atoms with E-state index in [1.807, 2.05) is 30.3 Å². The second kappa shape index (κ2) is 9.01. The topological polar surface area (TPSA) is 47.4 Å². The summed E-state index contributed by atoms with van der Waals surface area (Å²) in [5.74, 6) is 0. The molecule has 1 fully saturated rings. The Morgan fingerprint density at radius 1 is 1.04 bits per heavy atom. The first kappa shape index (κ1) is 17.2. The van der Waals surface area contributed by atoms with E-state index < -0.39 is 0 Å². The Hall–Kier alpha value is -1.63. The normalized spacial score (nSPS) is 15.5. The Bertz CT molecular complexity index is 684. The smallest absolute Gasteiger partial charge is 0.280 e. The van der Waals surface area contributed by atoms with Crippen LogP contribution in [-0.4, -0.2) is 47.5 Å². The van der Waals surface area contributed by atoms with Gasteiger partial charge in [-0.1, -0.05) is 30.0 Å². The number of aromatic nitrogens is 2. The van der Waals surface area contributed by atoms with Gasteiger partial charge >= 0.3 is 0 Å². The van der Waals surface area contributed by atoms with E-state index in [1.54, 1.807) is 16.9 Å². The standard InChI is InChI=1S/C18H23N3O2S/c22-18-17(24-16-6-2-1-3-7-16)8-9-19-21(18)11-5-4-10-20-12-14-23-15-13-20/h1-3,6-9H,4-5,10-15H2. The molecule has 2 heterocycles. The molecule has 0 unspecified atom stereocenters. The predicted molar refractivity (Wildman–Crippen MR) is 95.6 cm³/mol. The van der Waals surface area contributed by atoms with E-state index in [0.717, 1.165) is 55.5 Å². The maximum absolute atomic E-state index is 12.5. The lowest BCUT2D eigenvalue weighted by Crippen LogP contribution is -2.37. The molecule has 0 N–H and O–H groups in total. The van der Waals surface area contributed by atoms with Crippen molar-refractivity contribution >= 4 is 11.8 Å². The van der Waals surface area contributed by atoms with Crippen LogP contribution in [0.4, 0.5) is 0 Å². The van der Waals surface area contributed by atoms with Crippen LogP contribution in [0.5, 0.6) is 0 Å². The summed E-state index contributed by atoms with van der Waals surface area (Å²) >= 11 is 1.49. The van der Waals surface area contributed by atoms with Crippen LogP contribution in [0.25, 0.3) is 0 Å².